The molecular formula is C17H15N3O2S. The minimum Gasteiger partial charge on any atom is -0.472 e. The molecule has 4 rings (SSSR count). The Bertz CT molecular complexity index is 841. The number of nitrogens with zero attached hydrogens (tertiary/aromatic N) is 3. The van der Waals surface area contributed by atoms with E-state index >= 15 is 0 Å². The summed E-state index contributed by atoms with van der Waals surface area (Å²) in [5.74, 6) is -0.0588. The van der Waals surface area contributed by atoms with Crippen LogP contribution in [0.15, 0.2) is 52.7 Å². The monoisotopic (exact) mass is 325 g/mol. The molecule has 0 unspecified atom stereocenters. The predicted octanol–water partition coefficient (Wildman–Crippen LogP) is 3.50. The molecule has 1 aliphatic rings. The molecule has 2 aromatic heterocycles. The predicted molar refractivity (Wildman–Crippen MR) is 91.2 cm³/mol. The van der Waals surface area contributed by atoms with Crippen LogP contribution in [-0.2, 0) is 0 Å². The Morgan fingerprint density at radius 1 is 1.22 bits per heavy atom. The Morgan fingerprint density at radius 2 is 2.04 bits per heavy atom. The van der Waals surface area contributed by atoms with Gasteiger partial charge < -0.3 is 14.2 Å². The molecule has 0 atom stereocenters. The highest BCUT2D eigenvalue weighted by Gasteiger charge is 2.27. The molecule has 1 aliphatic heterocycles. The maximum atomic E-state index is 12.9. The van der Waals surface area contributed by atoms with Crippen molar-refractivity contribution in [3.63, 3.8) is 0 Å². The van der Waals surface area contributed by atoms with Crippen molar-refractivity contribution in [2.75, 3.05) is 29.9 Å². The Labute approximate surface area is 137 Å². The first kappa shape index (κ1) is 14.0. The normalized spacial score (nSPS) is 14.0. The van der Waals surface area contributed by atoms with Gasteiger partial charge in [0.1, 0.15) is 17.0 Å². The summed E-state index contributed by atoms with van der Waals surface area (Å²) < 4.78 is 5.08. The highest BCUT2D eigenvalue weighted by molar-refractivity contribution is 7.13. The minimum atomic E-state index is -0.0588. The summed E-state index contributed by atoms with van der Waals surface area (Å²) in [6, 6.07) is 9.80. The summed E-state index contributed by atoms with van der Waals surface area (Å²) in [7, 11) is 2.04. The Morgan fingerprint density at radius 3 is 2.83 bits per heavy atom. The fraction of sp³-hybridized carbons (Fsp3) is 0.176. The molecule has 0 bridgehead atoms. The second-order valence-corrected chi connectivity index (χ2v) is 6.28. The third-order valence-electron chi connectivity index (χ3n) is 3.98. The van der Waals surface area contributed by atoms with Gasteiger partial charge >= 0.3 is 0 Å². The minimum absolute atomic E-state index is 0.0588. The standard InChI is InChI=1S/C17H15N3O2S/c1-19-7-8-20(15-5-3-2-4-14(15)19)17(21)13-11-23-16(18-13)12-6-9-22-10-12/h2-6,9-11H,7-8H2,1H3. The number of carbonyl (C=O) groups is 1. The van der Waals surface area contributed by atoms with Crippen molar-refractivity contribution < 1.29 is 9.21 Å². The smallest absolute Gasteiger partial charge is 0.277 e. The van der Waals surface area contributed by atoms with E-state index in [1.165, 1.54) is 11.3 Å². The molecule has 0 saturated carbocycles. The maximum Gasteiger partial charge on any atom is 0.277 e. The number of hydrogen-bond donors (Lipinski definition) is 0. The second-order valence-electron chi connectivity index (χ2n) is 5.42. The molecule has 3 aromatic rings. The van der Waals surface area contributed by atoms with Gasteiger partial charge in [-0.25, -0.2) is 4.98 Å². The van der Waals surface area contributed by atoms with E-state index in [4.69, 9.17) is 4.42 Å². The van der Waals surface area contributed by atoms with Gasteiger partial charge in [0.25, 0.3) is 5.91 Å². The Kier molecular flexibility index (Phi) is 3.38. The molecule has 1 aromatic carbocycles. The fourth-order valence-electron chi connectivity index (χ4n) is 2.75. The van der Waals surface area contributed by atoms with Crippen LogP contribution >= 0.6 is 11.3 Å². The first-order valence-electron chi connectivity index (χ1n) is 7.34. The van der Waals surface area contributed by atoms with Gasteiger partial charge in [-0.15, -0.1) is 11.3 Å². The number of rotatable bonds is 2. The van der Waals surface area contributed by atoms with E-state index in [-0.39, 0.29) is 5.91 Å². The van der Waals surface area contributed by atoms with Gasteiger partial charge in [0.15, 0.2) is 0 Å². The van der Waals surface area contributed by atoms with Gasteiger partial charge in [-0.2, -0.15) is 0 Å². The zero-order chi connectivity index (χ0) is 15.8. The van der Waals surface area contributed by atoms with Gasteiger partial charge in [0.05, 0.1) is 17.6 Å². The number of likely N-dealkylation sites (N-methyl/N-ethyl adjacent to an activating group) is 1. The number of hydrogen-bond acceptors (Lipinski definition) is 5. The third-order valence-corrected chi connectivity index (χ3v) is 4.87. The maximum absolute atomic E-state index is 12.9. The van der Waals surface area contributed by atoms with Crippen LogP contribution in [0.4, 0.5) is 11.4 Å². The van der Waals surface area contributed by atoms with Crippen LogP contribution in [0.2, 0.25) is 0 Å². The van der Waals surface area contributed by atoms with E-state index in [1.807, 2.05) is 47.7 Å². The average molecular weight is 325 g/mol. The van der Waals surface area contributed by atoms with Gasteiger partial charge in [-0.05, 0) is 18.2 Å². The number of thiazole rings is 1. The Balaban J connectivity index is 1.67. The molecule has 0 spiro atoms. The van der Waals surface area contributed by atoms with Crippen LogP contribution < -0.4 is 9.80 Å². The largest absolute Gasteiger partial charge is 0.472 e. The first-order valence-corrected chi connectivity index (χ1v) is 8.22. The number of fused-ring (bicyclic) bond motifs is 1. The van der Waals surface area contributed by atoms with E-state index in [1.54, 1.807) is 12.5 Å². The van der Waals surface area contributed by atoms with Gasteiger partial charge in [-0.1, -0.05) is 12.1 Å². The van der Waals surface area contributed by atoms with Gasteiger partial charge in [-0.3, -0.25) is 4.79 Å². The molecule has 0 fully saturated rings. The molecule has 0 aliphatic carbocycles. The molecule has 116 valence electrons. The molecule has 0 N–H and O–H groups in total. The van der Waals surface area contributed by atoms with E-state index < -0.39 is 0 Å². The zero-order valence-corrected chi connectivity index (χ0v) is 13.4. The summed E-state index contributed by atoms with van der Waals surface area (Å²) in [4.78, 5) is 21.3. The van der Waals surface area contributed by atoms with Crippen molar-refractivity contribution in [1.82, 2.24) is 4.98 Å². The van der Waals surface area contributed by atoms with Gasteiger partial charge in [0.2, 0.25) is 0 Å². The number of carbonyl (C=O) groups excluding carboxylic acids is 1. The van der Waals surface area contributed by atoms with Crippen molar-refractivity contribution in [1.29, 1.82) is 0 Å². The lowest BCUT2D eigenvalue weighted by Crippen LogP contribution is -2.42. The van der Waals surface area contributed by atoms with Crippen molar-refractivity contribution in [2.24, 2.45) is 0 Å². The summed E-state index contributed by atoms with van der Waals surface area (Å²) in [6.45, 7) is 1.46. The highest BCUT2D eigenvalue weighted by atomic mass is 32.1. The Hall–Kier alpha value is -2.60. The first-order chi connectivity index (χ1) is 11.2. The SMILES string of the molecule is CN1CCN(C(=O)c2csc(-c3ccoc3)n2)c2ccccc21. The van der Waals surface area contributed by atoms with Crippen LogP contribution in [0.5, 0.6) is 0 Å². The lowest BCUT2D eigenvalue weighted by molar-refractivity contribution is 0.0982. The van der Waals surface area contributed by atoms with Crippen LogP contribution in [0.25, 0.3) is 10.6 Å². The number of aromatic nitrogens is 1. The number of anilines is 2. The van der Waals surface area contributed by atoms with E-state index in [0.29, 0.717) is 12.2 Å². The topological polar surface area (TPSA) is 49.6 Å². The quantitative estimate of drug-likeness (QED) is 0.723. The average Bonchev–Trinajstić information content (AvgIpc) is 3.26. The summed E-state index contributed by atoms with van der Waals surface area (Å²) in [5.41, 5.74) is 3.37. The highest BCUT2D eigenvalue weighted by Crippen LogP contribution is 2.33. The molecule has 1 amide bonds. The summed E-state index contributed by atoms with van der Waals surface area (Å²) >= 11 is 1.45. The van der Waals surface area contributed by atoms with E-state index in [9.17, 15) is 4.79 Å². The molecule has 23 heavy (non-hydrogen) atoms. The summed E-state index contributed by atoms with van der Waals surface area (Å²) in [5, 5.41) is 2.61. The van der Waals surface area contributed by atoms with E-state index in [0.717, 1.165) is 28.5 Å². The number of amides is 1. The summed E-state index contributed by atoms with van der Waals surface area (Å²) in [6.07, 6.45) is 3.24. The van der Waals surface area contributed by atoms with Crippen molar-refractivity contribution in [3.8, 4) is 10.6 Å². The molecule has 0 radical (unpaired) electrons. The van der Waals surface area contributed by atoms with E-state index in [2.05, 4.69) is 9.88 Å². The van der Waals surface area contributed by atoms with Crippen LogP contribution in [0.1, 0.15) is 10.5 Å². The van der Waals surface area contributed by atoms with Gasteiger partial charge in [0, 0.05) is 31.1 Å². The molecule has 5 nitrogen and oxygen atoms in total. The van der Waals surface area contributed by atoms with Crippen molar-refractivity contribution in [2.45, 2.75) is 0 Å². The lowest BCUT2D eigenvalue weighted by Gasteiger charge is -2.35. The molecule has 6 heteroatoms. The molecule has 0 saturated heterocycles. The third kappa shape index (κ3) is 2.41. The molecular weight excluding hydrogens is 310 g/mol. The van der Waals surface area contributed by atoms with Crippen LogP contribution in [0, 0.1) is 0 Å². The van der Waals surface area contributed by atoms with Crippen LogP contribution in [0.3, 0.4) is 0 Å². The number of furan rings is 1. The van der Waals surface area contributed by atoms with Crippen LogP contribution in [-0.4, -0.2) is 31.0 Å². The van der Waals surface area contributed by atoms with Crippen molar-refractivity contribution in [3.05, 3.63) is 53.9 Å². The zero-order valence-electron chi connectivity index (χ0n) is 12.6. The number of para-hydroxylation sites is 2. The number of benzene rings is 1. The lowest BCUT2D eigenvalue weighted by atomic mass is 10.1. The fourth-order valence-corrected chi connectivity index (χ4v) is 3.53. The molecule has 3 heterocycles. The van der Waals surface area contributed by atoms with Crippen molar-refractivity contribution >= 4 is 28.6 Å². The second kappa shape index (κ2) is 5.55.